The maximum absolute atomic E-state index is 13.1. The quantitative estimate of drug-likeness (QED) is 0.740. The highest BCUT2D eigenvalue weighted by molar-refractivity contribution is 5.95. The molecule has 1 aromatic rings. The van der Waals surface area contributed by atoms with Crippen molar-refractivity contribution in [3.8, 4) is 0 Å². The molecule has 156 valence electrons. The number of hydrogen-bond donors (Lipinski definition) is 2. The van der Waals surface area contributed by atoms with Crippen molar-refractivity contribution in [2.24, 2.45) is 0 Å². The maximum atomic E-state index is 13.1. The van der Waals surface area contributed by atoms with E-state index in [1.165, 1.54) is 18.9 Å². The first-order chi connectivity index (χ1) is 13.4. The number of amides is 1. The van der Waals surface area contributed by atoms with Crippen molar-refractivity contribution in [3.05, 3.63) is 23.8 Å². The fourth-order valence-electron chi connectivity index (χ4n) is 3.81. The normalized spacial score (nSPS) is 19.3. The first kappa shape index (κ1) is 20.9. The predicted molar refractivity (Wildman–Crippen MR) is 103 cm³/mol. The maximum Gasteiger partial charge on any atom is 0.416 e. The van der Waals surface area contributed by atoms with Gasteiger partial charge in [0.2, 0.25) is 5.91 Å². The summed E-state index contributed by atoms with van der Waals surface area (Å²) in [5.41, 5.74) is 0.0278. The van der Waals surface area contributed by atoms with Crippen molar-refractivity contribution in [1.82, 2.24) is 5.32 Å². The third-order valence-corrected chi connectivity index (χ3v) is 5.36. The molecule has 1 aliphatic carbocycles. The van der Waals surface area contributed by atoms with Crippen LogP contribution in [0.3, 0.4) is 0 Å². The molecule has 1 aromatic carbocycles. The van der Waals surface area contributed by atoms with Crippen LogP contribution in [0.1, 0.15) is 44.1 Å². The Balaban J connectivity index is 1.69. The van der Waals surface area contributed by atoms with Gasteiger partial charge in [-0.15, -0.1) is 0 Å². The first-order valence-electron chi connectivity index (χ1n) is 10.0. The first-order valence-corrected chi connectivity index (χ1v) is 10.0. The lowest BCUT2D eigenvalue weighted by Crippen LogP contribution is -2.38. The van der Waals surface area contributed by atoms with Crippen molar-refractivity contribution in [3.63, 3.8) is 0 Å². The Morgan fingerprint density at radius 2 is 1.79 bits per heavy atom. The van der Waals surface area contributed by atoms with Gasteiger partial charge in [-0.25, -0.2) is 0 Å². The fraction of sp³-hybridized carbons (Fsp3) is 0.650. The average Bonchev–Trinajstić information content (AvgIpc) is 2.95. The van der Waals surface area contributed by atoms with E-state index in [2.05, 4.69) is 10.6 Å². The summed E-state index contributed by atoms with van der Waals surface area (Å²) in [6, 6.07) is 3.81. The van der Waals surface area contributed by atoms with Gasteiger partial charge in [0.1, 0.15) is 0 Å². The van der Waals surface area contributed by atoms with Crippen LogP contribution in [0.25, 0.3) is 0 Å². The van der Waals surface area contributed by atoms with E-state index in [1.54, 1.807) is 0 Å². The number of hydrogen-bond acceptors (Lipinski definition) is 4. The summed E-state index contributed by atoms with van der Waals surface area (Å²) >= 11 is 0. The van der Waals surface area contributed by atoms with Crippen LogP contribution in [0.15, 0.2) is 18.2 Å². The van der Waals surface area contributed by atoms with Crippen LogP contribution in [0, 0.1) is 0 Å². The second kappa shape index (κ2) is 9.60. The van der Waals surface area contributed by atoms with E-state index in [9.17, 15) is 18.0 Å². The van der Waals surface area contributed by atoms with Crippen LogP contribution >= 0.6 is 0 Å². The molecular weight excluding hydrogens is 371 g/mol. The molecule has 3 rings (SSSR count). The lowest BCUT2D eigenvalue weighted by Gasteiger charge is -2.31. The Morgan fingerprint density at radius 1 is 1.11 bits per heavy atom. The van der Waals surface area contributed by atoms with E-state index >= 15 is 0 Å². The topological polar surface area (TPSA) is 53.6 Å². The van der Waals surface area contributed by atoms with Gasteiger partial charge < -0.3 is 20.3 Å². The molecule has 0 bridgehead atoms. The third kappa shape index (κ3) is 5.85. The van der Waals surface area contributed by atoms with Crippen molar-refractivity contribution in [1.29, 1.82) is 0 Å². The van der Waals surface area contributed by atoms with Gasteiger partial charge in [0.15, 0.2) is 0 Å². The molecule has 2 aliphatic rings. The summed E-state index contributed by atoms with van der Waals surface area (Å²) < 4.78 is 44.8. The number of morpholine rings is 1. The van der Waals surface area contributed by atoms with Gasteiger partial charge in [-0.1, -0.05) is 25.7 Å². The van der Waals surface area contributed by atoms with Crippen molar-refractivity contribution >= 4 is 17.3 Å². The highest BCUT2D eigenvalue weighted by atomic mass is 19.4. The van der Waals surface area contributed by atoms with E-state index in [-0.39, 0.29) is 18.1 Å². The molecule has 0 aromatic heterocycles. The highest BCUT2D eigenvalue weighted by Crippen LogP contribution is 2.35. The van der Waals surface area contributed by atoms with Gasteiger partial charge in [0.05, 0.1) is 36.7 Å². The molecule has 1 saturated heterocycles. The Hall–Kier alpha value is -1.80. The van der Waals surface area contributed by atoms with Gasteiger partial charge in [-0.2, -0.15) is 13.2 Å². The number of alkyl halides is 3. The van der Waals surface area contributed by atoms with Crippen molar-refractivity contribution in [2.45, 2.75) is 50.7 Å². The minimum atomic E-state index is -4.46. The van der Waals surface area contributed by atoms with Crippen molar-refractivity contribution in [2.75, 3.05) is 43.1 Å². The van der Waals surface area contributed by atoms with E-state index in [0.717, 1.165) is 37.8 Å². The van der Waals surface area contributed by atoms with Crippen LogP contribution in [0.4, 0.5) is 24.5 Å². The minimum absolute atomic E-state index is 0.101. The molecule has 1 heterocycles. The molecule has 8 heteroatoms. The number of carbonyl (C=O) groups excluding carboxylic acids is 1. The highest BCUT2D eigenvalue weighted by Gasteiger charge is 2.32. The second-order valence-corrected chi connectivity index (χ2v) is 7.45. The van der Waals surface area contributed by atoms with Crippen LogP contribution in [0.2, 0.25) is 0 Å². The summed E-state index contributed by atoms with van der Waals surface area (Å²) in [4.78, 5) is 14.4. The van der Waals surface area contributed by atoms with Crippen LogP contribution in [-0.2, 0) is 15.7 Å². The SMILES string of the molecule is O=C(CNC1CCCCCC1)Nc1cc(C(F)(F)F)ccc1N1CCOCC1. The summed E-state index contributed by atoms with van der Waals surface area (Å²) in [7, 11) is 0. The standard InChI is InChI=1S/C20H28F3N3O2/c21-20(22,23)15-7-8-18(26-9-11-28-12-10-26)17(13-15)25-19(27)14-24-16-5-3-1-2-4-6-16/h7-8,13,16,24H,1-6,9-12,14H2,(H,25,27). The van der Waals surface area contributed by atoms with E-state index < -0.39 is 11.7 Å². The zero-order chi connectivity index (χ0) is 20.0. The molecular formula is C20H28F3N3O2. The zero-order valence-corrected chi connectivity index (χ0v) is 16.0. The summed E-state index contributed by atoms with van der Waals surface area (Å²) in [5.74, 6) is -0.321. The van der Waals surface area contributed by atoms with Crippen molar-refractivity contribution < 1.29 is 22.7 Å². The zero-order valence-electron chi connectivity index (χ0n) is 16.0. The molecule has 2 fully saturated rings. The minimum Gasteiger partial charge on any atom is -0.378 e. The molecule has 5 nitrogen and oxygen atoms in total. The molecule has 2 N–H and O–H groups in total. The van der Waals surface area contributed by atoms with E-state index in [0.29, 0.717) is 38.0 Å². The van der Waals surface area contributed by atoms with Gasteiger partial charge in [-0.3, -0.25) is 4.79 Å². The lowest BCUT2D eigenvalue weighted by atomic mass is 10.1. The number of benzene rings is 1. The number of halogens is 3. The van der Waals surface area contributed by atoms with E-state index in [1.807, 2.05) is 4.90 Å². The fourth-order valence-corrected chi connectivity index (χ4v) is 3.81. The van der Waals surface area contributed by atoms with Gasteiger partial charge in [-0.05, 0) is 31.0 Å². The monoisotopic (exact) mass is 399 g/mol. The second-order valence-electron chi connectivity index (χ2n) is 7.45. The van der Waals surface area contributed by atoms with Gasteiger partial charge in [0.25, 0.3) is 0 Å². The summed E-state index contributed by atoms with van der Waals surface area (Å²) in [5, 5.41) is 5.95. The molecule has 0 spiro atoms. The number of anilines is 2. The molecule has 0 atom stereocenters. The predicted octanol–water partition coefficient (Wildman–Crippen LogP) is 3.79. The Labute approximate surface area is 163 Å². The van der Waals surface area contributed by atoms with Crippen LogP contribution in [0.5, 0.6) is 0 Å². The number of ether oxygens (including phenoxy) is 1. The molecule has 0 unspecified atom stereocenters. The summed E-state index contributed by atoms with van der Waals surface area (Å²) in [6.45, 7) is 2.28. The Kier molecular flexibility index (Phi) is 7.18. The Morgan fingerprint density at radius 3 is 2.43 bits per heavy atom. The van der Waals surface area contributed by atoms with Crippen LogP contribution < -0.4 is 15.5 Å². The van der Waals surface area contributed by atoms with E-state index in [4.69, 9.17) is 4.74 Å². The van der Waals surface area contributed by atoms with Gasteiger partial charge in [0, 0.05) is 19.1 Å². The smallest absolute Gasteiger partial charge is 0.378 e. The average molecular weight is 399 g/mol. The number of nitrogens with zero attached hydrogens (tertiary/aromatic N) is 1. The number of rotatable bonds is 5. The molecule has 28 heavy (non-hydrogen) atoms. The Bertz CT molecular complexity index is 653. The third-order valence-electron chi connectivity index (χ3n) is 5.36. The lowest BCUT2D eigenvalue weighted by molar-refractivity contribution is -0.137. The largest absolute Gasteiger partial charge is 0.416 e. The number of nitrogens with one attached hydrogen (secondary N) is 2. The van der Waals surface area contributed by atoms with Gasteiger partial charge >= 0.3 is 6.18 Å². The summed E-state index contributed by atoms with van der Waals surface area (Å²) in [6.07, 6.45) is 2.35. The number of carbonyl (C=O) groups is 1. The molecule has 0 radical (unpaired) electrons. The van der Waals surface area contributed by atoms with Crippen LogP contribution in [-0.4, -0.2) is 44.8 Å². The molecule has 1 aliphatic heterocycles. The molecule has 1 amide bonds. The molecule has 1 saturated carbocycles.